The molecule has 0 radical (unpaired) electrons. The molecule has 0 bridgehead atoms. The molecule has 1 saturated heterocycles. The van der Waals surface area contributed by atoms with Gasteiger partial charge in [0, 0.05) is 25.0 Å². The van der Waals surface area contributed by atoms with E-state index in [0.29, 0.717) is 5.91 Å². The van der Waals surface area contributed by atoms with E-state index < -0.39 is 0 Å². The summed E-state index contributed by atoms with van der Waals surface area (Å²) in [5.41, 5.74) is 2.04. The lowest BCUT2D eigenvalue weighted by Crippen LogP contribution is -2.41. The van der Waals surface area contributed by atoms with Gasteiger partial charge in [-0.25, -0.2) is 4.79 Å². The number of hydrogen-bond donors (Lipinski definition) is 1. The Morgan fingerprint density at radius 3 is 2.67 bits per heavy atom. The van der Waals surface area contributed by atoms with Gasteiger partial charge in [-0.15, -0.1) is 0 Å². The zero-order valence-corrected chi connectivity index (χ0v) is 14.4. The molecule has 5 nitrogen and oxygen atoms in total. The molecule has 0 spiro atoms. The zero-order chi connectivity index (χ0) is 16.9. The number of nitrogens with zero attached hydrogens (tertiary/aromatic N) is 2. The Hall–Kier alpha value is -2.04. The molecule has 2 heterocycles. The van der Waals surface area contributed by atoms with Gasteiger partial charge < -0.3 is 9.88 Å². The number of amides is 1. The Morgan fingerprint density at radius 1 is 1.29 bits per heavy atom. The number of hydrogen-bond acceptors (Lipinski definition) is 2. The number of H-pyrrole nitrogens is 1. The van der Waals surface area contributed by atoms with E-state index in [9.17, 15) is 9.59 Å². The molecule has 5 heteroatoms. The number of nitrogens with one attached hydrogen (secondary N) is 1. The second-order valence-electron chi connectivity index (χ2n) is 7.64. The van der Waals surface area contributed by atoms with E-state index in [1.54, 1.807) is 0 Å². The number of imidazole rings is 1. The van der Waals surface area contributed by atoms with Crippen molar-refractivity contribution >= 4 is 16.9 Å². The first kappa shape index (κ1) is 15.5. The minimum atomic E-state index is -0.0401. The van der Waals surface area contributed by atoms with Crippen molar-refractivity contribution in [1.29, 1.82) is 0 Å². The molecule has 24 heavy (non-hydrogen) atoms. The van der Waals surface area contributed by atoms with Crippen LogP contribution in [0.2, 0.25) is 0 Å². The molecule has 4 rings (SSSR count). The summed E-state index contributed by atoms with van der Waals surface area (Å²) in [6.07, 6.45) is 3.81. The summed E-state index contributed by atoms with van der Waals surface area (Å²) >= 11 is 0. The van der Waals surface area contributed by atoms with E-state index in [2.05, 4.69) is 18.8 Å². The number of aromatic amines is 1. The van der Waals surface area contributed by atoms with Gasteiger partial charge in [0.15, 0.2) is 0 Å². The minimum Gasteiger partial charge on any atom is -0.342 e. The number of aromatic nitrogens is 2. The van der Waals surface area contributed by atoms with Gasteiger partial charge in [0.1, 0.15) is 0 Å². The molecule has 2 aliphatic rings. The molecular weight excluding hydrogens is 302 g/mol. The van der Waals surface area contributed by atoms with E-state index in [4.69, 9.17) is 0 Å². The predicted octanol–water partition coefficient (Wildman–Crippen LogP) is 2.93. The van der Waals surface area contributed by atoms with Gasteiger partial charge >= 0.3 is 5.69 Å². The molecule has 1 aromatic heterocycles. The zero-order valence-electron chi connectivity index (χ0n) is 14.4. The number of carbonyl (C=O) groups is 1. The Morgan fingerprint density at radius 2 is 2.00 bits per heavy atom. The number of fused-ring (bicyclic) bond motifs is 1. The van der Waals surface area contributed by atoms with Crippen LogP contribution in [0.5, 0.6) is 0 Å². The number of rotatable bonds is 3. The van der Waals surface area contributed by atoms with E-state index >= 15 is 0 Å². The standard InChI is InChI=1S/C19H25N3O2/c1-3-19(2)12-14(19)17(23)21-10-8-13(9-11-21)22-16-7-5-4-6-15(16)20-18(22)24/h4-7,13-14H,3,8-12H2,1-2H3,(H,20,24). The summed E-state index contributed by atoms with van der Waals surface area (Å²) in [6, 6.07) is 7.99. The third-order valence-electron chi connectivity index (χ3n) is 6.22. The molecule has 1 saturated carbocycles. The smallest absolute Gasteiger partial charge is 0.326 e. The minimum absolute atomic E-state index is 0.0401. The second-order valence-corrected chi connectivity index (χ2v) is 7.64. The maximum atomic E-state index is 12.7. The fourth-order valence-corrected chi connectivity index (χ4v) is 4.19. The first-order chi connectivity index (χ1) is 11.5. The first-order valence-corrected chi connectivity index (χ1v) is 9.01. The lowest BCUT2D eigenvalue weighted by Gasteiger charge is -2.33. The van der Waals surface area contributed by atoms with Crippen LogP contribution in [0, 0.1) is 11.3 Å². The van der Waals surface area contributed by atoms with Crippen LogP contribution in [0.1, 0.15) is 45.6 Å². The Balaban J connectivity index is 1.47. The van der Waals surface area contributed by atoms with Crippen LogP contribution in [0.4, 0.5) is 0 Å². The Labute approximate surface area is 141 Å². The molecule has 128 valence electrons. The van der Waals surface area contributed by atoms with Crippen molar-refractivity contribution < 1.29 is 4.79 Å². The molecule has 2 unspecified atom stereocenters. The van der Waals surface area contributed by atoms with E-state index in [1.165, 1.54) is 0 Å². The van der Waals surface area contributed by atoms with Crippen molar-refractivity contribution in [3.8, 4) is 0 Å². The van der Waals surface area contributed by atoms with E-state index in [1.807, 2.05) is 33.7 Å². The summed E-state index contributed by atoms with van der Waals surface area (Å²) in [4.78, 5) is 29.9. The summed E-state index contributed by atoms with van der Waals surface area (Å²) < 4.78 is 1.88. The topological polar surface area (TPSA) is 58.1 Å². The number of benzene rings is 1. The third-order valence-corrected chi connectivity index (χ3v) is 6.22. The Bertz CT molecular complexity index is 828. The van der Waals surface area contributed by atoms with Crippen LogP contribution in [-0.2, 0) is 4.79 Å². The van der Waals surface area contributed by atoms with Crippen LogP contribution >= 0.6 is 0 Å². The highest BCUT2D eigenvalue weighted by Gasteiger charge is 2.54. The number of likely N-dealkylation sites (tertiary alicyclic amines) is 1. The first-order valence-electron chi connectivity index (χ1n) is 9.01. The summed E-state index contributed by atoms with van der Waals surface area (Å²) in [7, 11) is 0. The monoisotopic (exact) mass is 327 g/mol. The molecule has 2 aromatic rings. The van der Waals surface area contributed by atoms with Crippen molar-refractivity contribution in [1.82, 2.24) is 14.5 Å². The normalized spacial score (nSPS) is 27.6. The summed E-state index contributed by atoms with van der Waals surface area (Å²) in [6.45, 7) is 5.90. The van der Waals surface area contributed by atoms with Gasteiger partial charge in [-0.3, -0.25) is 9.36 Å². The number of piperidine rings is 1. The largest absolute Gasteiger partial charge is 0.342 e. The lowest BCUT2D eigenvalue weighted by atomic mass is 10.0. The summed E-state index contributed by atoms with van der Waals surface area (Å²) in [5, 5.41) is 0. The van der Waals surface area contributed by atoms with Crippen LogP contribution in [0.3, 0.4) is 0 Å². The second kappa shape index (κ2) is 5.50. The van der Waals surface area contributed by atoms with Gasteiger partial charge in [0.05, 0.1) is 11.0 Å². The molecule has 1 aliphatic carbocycles. The van der Waals surface area contributed by atoms with E-state index in [0.717, 1.165) is 49.8 Å². The highest BCUT2D eigenvalue weighted by atomic mass is 16.2. The molecule has 1 N–H and O–H groups in total. The van der Waals surface area contributed by atoms with Crippen LogP contribution < -0.4 is 5.69 Å². The highest BCUT2D eigenvalue weighted by Crippen LogP contribution is 2.55. The molecule has 1 amide bonds. The molecule has 2 fully saturated rings. The van der Waals surface area contributed by atoms with Crippen LogP contribution in [0.15, 0.2) is 29.1 Å². The number of carbonyl (C=O) groups excluding carboxylic acids is 1. The van der Waals surface area contributed by atoms with Gasteiger partial charge in [-0.1, -0.05) is 26.0 Å². The van der Waals surface area contributed by atoms with Crippen molar-refractivity contribution in [2.45, 2.75) is 45.6 Å². The third kappa shape index (κ3) is 2.38. The average molecular weight is 327 g/mol. The summed E-state index contributed by atoms with van der Waals surface area (Å²) in [5.74, 6) is 0.541. The van der Waals surface area contributed by atoms with Gasteiger partial charge in [0.25, 0.3) is 0 Å². The molecule has 2 atom stereocenters. The van der Waals surface area contributed by atoms with Crippen molar-refractivity contribution in [3.05, 3.63) is 34.7 Å². The maximum Gasteiger partial charge on any atom is 0.326 e. The average Bonchev–Trinajstić information content (AvgIpc) is 3.17. The highest BCUT2D eigenvalue weighted by molar-refractivity contribution is 5.82. The maximum absolute atomic E-state index is 12.7. The fraction of sp³-hybridized carbons (Fsp3) is 0.579. The quantitative estimate of drug-likeness (QED) is 0.942. The van der Waals surface area contributed by atoms with Crippen molar-refractivity contribution in [3.63, 3.8) is 0 Å². The van der Waals surface area contributed by atoms with Gasteiger partial charge in [0.2, 0.25) is 5.91 Å². The predicted molar refractivity (Wildman–Crippen MR) is 93.9 cm³/mol. The van der Waals surface area contributed by atoms with Crippen LogP contribution in [-0.4, -0.2) is 33.4 Å². The number of para-hydroxylation sites is 2. The molecule has 1 aromatic carbocycles. The van der Waals surface area contributed by atoms with Gasteiger partial charge in [-0.2, -0.15) is 0 Å². The Kier molecular flexibility index (Phi) is 3.55. The molecular formula is C19H25N3O2. The van der Waals surface area contributed by atoms with E-state index in [-0.39, 0.29) is 23.1 Å². The van der Waals surface area contributed by atoms with Crippen molar-refractivity contribution in [2.75, 3.05) is 13.1 Å². The van der Waals surface area contributed by atoms with Crippen molar-refractivity contribution in [2.24, 2.45) is 11.3 Å². The SMILES string of the molecule is CCC1(C)CC1C(=O)N1CCC(n2c(=O)[nH]c3ccccc32)CC1. The lowest BCUT2D eigenvalue weighted by molar-refractivity contribution is -0.134. The molecule has 1 aliphatic heterocycles. The van der Waals surface area contributed by atoms with Crippen LogP contribution in [0.25, 0.3) is 11.0 Å². The fourth-order valence-electron chi connectivity index (χ4n) is 4.19. The van der Waals surface area contributed by atoms with Gasteiger partial charge in [-0.05, 0) is 43.2 Å².